The number of nitriles is 1. The van der Waals surface area contributed by atoms with E-state index in [9.17, 15) is 20.0 Å². The molecule has 0 aliphatic heterocycles. The highest BCUT2D eigenvalue weighted by Crippen LogP contribution is 2.75. The molecule has 0 radical (unpaired) electrons. The summed E-state index contributed by atoms with van der Waals surface area (Å²) in [6.45, 7) is 16.0. The molecule has 0 spiro atoms. The zero-order valence-electron chi connectivity index (χ0n) is 23.0. The van der Waals surface area contributed by atoms with Crippen molar-refractivity contribution in [1.29, 1.82) is 5.26 Å². The van der Waals surface area contributed by atoms with Crippen molar-refractivity contribution in [3.05, 3.63) is 11.6 Å². The van der Waals surface area contributed by atoms with Crippen molar-refractivity contribution in [3.63, 3.8) is 0 Å². The predicted octanol–water partition coefficient (Wildman–Crippen LogP) is 6.28. The summed E-state index contributed by atoms with van der Waals surface area (Å²) in [6.07, 6.45) is 9.61. The lowest BCUT2D eigenvalue weighted by atomic mass is 9.31. The molecule has 0 aromatic heterocycles. The Morgan fingerprint density at radius 3 is 2.23 bits per heavy atom. The molecule has 0 aromatic carbocycles. The Morgan fingerprint density at radius 2 is 1.60 bits per heavy atom. The van der Waals surface area contributed by atoms with Gasteiger partial charge in [0.1, 0.15) is 11.9 Å². The third kappa shape index (κ3) is 3.00. The number of aliphatic hydroxyl groups is 1. The number of fused-ring (bicyclic) bond motifs is 7. The molecule has 35 heavy (non-hydrogen) atoms. The highest BCUT2D eigenvalue weighted by molar-refractivity contribution is 6.04. The molecule has 0 heterocycles. The Labute approximate surface area is 211 Å². The molecule has 0 amide bonds. The summed E-state index contributed by atoms with van der Waals surface area (Å²) in [5, 5.41) is 20.5. The van der Waals surface area contributed by atoms with Gasteiger partial charge < -0.3 is 5.11 Å². The molecule has 0 bridgehead atoms. The first kappa shape index (κ1) is 25.2. The van der Waals surface area contributed by atoms with E-state index in [4.69, 9.17) is 0 Å². The minimum atomic E-state index is -0.595. The van der Waals surface area contributed by atoms with E-state index in [-0.39, 0.29) is 68.7 Å². The van der Waals surface area contributed by atoms with Gasteiger partial charge >= 0.3 is 0 Å². The molecule has 5 rings (SSSR count). The number of rotatable bonds is 1. The van der Waals surface area contributed by atoms with E-state index >= 15 is 0 Å². The van der Waals surface area contributed by atoms with Crippen molar-refractivity contribution in [2.75, 3.05) is 6.61 Å². The number of allylic oxidation sites excluding steroid dienone is 2. The number of carbonyl (C=O) groups excluding carboxylic acids is 2. The first-order chi connectivity index (χ1) is 16.1. The molecule has 4 nitrogen and oxygen atoms in total. The van der Waals surface area contributed by atoms with Gasteiger partial charge in [-0.2, -0.15) is 5.26 Å². The third-order valence-electron chi connectivity index (χ3n) is 13.0. The van der Waals surface area contributed by atoms with Crippen LogP contribution in [0.25, 0.3) is 0 Å². The first-order valence-corrected chi connectivity index (χ1v) is 13.9. The maximum atomic E-state index is 14.3. The van der Waals surface area contributed by atoms with Crippen molar-refractivity contribution >= 4 is 11.6 Å². The smallest absolute Gasteiger partial charge is 0.178 e. The SMILES string of the molecule is CC1(C)CC[C@]2(CO)CC[C@]3(C)[C@H](C(=O)CC4[C@@]5(C)C=C(C#N)C(=O)C(C)(C)[C@@H]5CC[C@]43C)[C@H]2C1. The van der Waals surface area contributed by atoms with Crippen molar-refractivity contribution in [3.8, 4) is 6.07 Å². The van der Waals surface area contributed by atoms with Crippen LogP contribution < -0.4 is 0 Å². The number of hydrogen-bond acceptors (Lipinski definition) is 4. The van der Waals surface area contributed by atoms with Crippen molar-refractivity contribution in [2.45, 2.75) is 99.8 Å². The maximum Gasteiger partial charge on any atom is 0.178 e. The minimum absolute atomic E-state index is 0.0120. The molecule has 192 valence electrons. The van der Waals surface area contributed by atoms with E-state index in [0.717, 1.165) is 44.9 Å². The highest BCUT2D eigenvalue weighted by atomic mass is 16.3. The summed E-state index contributed by atoms with van der Waals surface area (Å²) in [7, 11) is 0. The summed E-state index contributed by atoms with van der Waals surface area (Å²) in [5.41, 5.74) is -0.764. The fourth-order valence-corrected chi connectivity index (χ4v) is 10.7. The Kier molecular flexibility index (Phi) is 5.26. The number of hydrogen-bond donors (Lipinski definition) is 1. The molecule has 4 fully saturated rings. The monoisotopic (exact) mass is 479 g/mol. The van der Waals surface area contributed by atoms with Gasteiger partial charge in [0.25, 0.3) is 0 Å². The second kappa shape index (κ2) is 7.31. The highest BCUT2D eigenvalue weighted by Gasteiger charge is 2.72. The Bertz CT molecular complexity index is 1050. The quantitative estimate of drug-likeness (QED) is 0.480. The van der Waals surface area contributed by atoms with Gasteiger partial charge in [-0.15, -0.1) is 0 Å². The Hall–Kier alpha value is -1.47. The lowest BCUT2D eigenvalue weighted by Gasteiger charge is -2.72. The fraction of sp³-hybridized carbons (Fsp3) is 0.839. The maximum absolute atomic E-state index is 14.3. The fourth-order valence-electron chi connectivity index (χ4n) is 10.7. The number of Topliss-reactive ketones (excluding diaryl/α,β-unsaturated/α-hetero) is 2. The van der Waals surface area contributed by atoms with E-state index in [2.05, 4.69) is 40.7 Å². The number of aliphatic hydroxyl groups excluding tert-OH is 1. The molecule has 5 aliphatic carbocycles. The molecule has 4 saturated carbocycles. The average Bonchev–Trinajstić information content (AvgIpc) is 2.77. The van der Waals surface area contributed by atoms with Gasteiger partial charge in [0.15, 0.2) is 5.78 Å². The normalized spacial score (nSPS) is 50.1. The van der Waals surface area contributed by atoms with Gasteiger partial charge in [0.2, 0.25) is 0 Å². The van der Waals surface area contributed by atoms with Crippen LogP contribution in [0.2, 0.25) is 0 Å². The van der Waals surface area contributed by atoms with Crippen LogP contribution in [-0.4, -0.2) is 23.3 Å². The van der Waals surface area contributed by atoms with Crippen LogP contribution in [0.4, 0.5) is 0 Å². The van der Waals surface area contributed by atoms with Gasteiger partial charge in [-0.25, -0.2) is 0 Å². The Morgan fingerprint density at radius 1 is 0.943 bits per heavy atom. The molecule has 5 aliphatic rings. The molecule has 0 saturated heterocycles. The summed E-state index contributed by atoms with van der Waals surface area (Å²) < 4.78 is 0. The van der Waals surface area contributed by atoms with E-state index in [1.54, 1.807) is 0 Å². The van der Waals surface area contributed by atoms with Gasteiger partial charge in [-0.1, -0.05) is 54.5 Å². The van der Waals surface area contributed by atoms with Crippen molar-refractivity contribution in [2.24, 2.45) is 56.2 Å². The topological polar surface area (TPSA) is 78.2 Å². The summed E-state index contributed by atoms with van der Waals surface area (Å²) in [4.78, 5) is 27.5. The van der Waals surface area contributed by atoms with Crippen molar-refractivity contribution < 1.29 is 14.7 Å². The standard InChI is InChI=1S/C31H45NO3/c1-26(2)10-12-31(18-33)13-11-30(7)24(20(31)16-26)21(34)14-23-28(5)15-19(17-32)25(35)27(3,4)22(28)8-9-29(23,30)6/h15,20,22-24,33H,8-14,16,18H2,1-7H3/t20-,22+,23?,24+,28+,29-,30-,31-/m1/s1. The van der Waals surface area contributed by atoms with Crippen LogP contribution in [0.5, 0.6) is 0 Å². The van der Waals surface area contributed by atoms with Crippen LogP contribution in [0, 0.1) is 67.5 Å². The molecule has 4 heteroatoms. The second-order valence-electron chi connectivity index (χ2n) is 15.2. The molecule has 0 aromatic rings. The van der Waals surface area contributed by atoms with Crippen molar-refractivity contribution in [1.82, 2.24) is 0 Å². The largest absolute Gasteiger partial charge is 0.396 e. The van der Waals surface area contributed by atoms with E-state index < -0.39 is 5.41 Å². The van der Waals surface area contributed by atoms with E-state index in [1.165, 1.54) is 0 Å². The first-order valence-electron chi connectivity index (χ1n) is 13.9. The number of carbonyl (C=O) groups is 2. The van der Waals surface area contributed by atoms with Crippen LogP contribution in [0.1, 0.15) is 99.8 Å². The average molecular weight is 480 g/mol. The van der Waals surface area contributed by atoms with Gasteiger partial charge in [0, 0.05) is 24.4 Å². The molecule has 1 unspecified atom stereocenters. The number of nitrogens with zero attached hydrogens (tertiary/aromatic N) is 1. The van der Waals surface area contributed by atoms with Crippen LogP contribution >= 0.6 is 0 Å². The summed E-state index contributed by atoms with van der Waals surface area (Å²) in [5.74, 6) is 0.823. The van der Waals surface area contributed by atoms with Crippen LogP contribution in [0.3, 0.4) is 0 Å². The minimum Gasteiger partial charge on any atom is -0.396 e. The predicted molar refractivity (Wildman–Crippen MR) is 136 cm³/mol. The molecule has 8 atom stereocenters. The third-order valence-corrected chi connectivity index (χ3v) is 13.0. The zero-order chi connectivity index (χ0) is 25.8. The molecular formula is C31H45NO3. The molecular weight excluding hydrogens is 434 g/mol. The van der Waals surface area contributed by atoms with Gasteiger partial charge in [0.05, 0.1) is 5.57 Å². The zero-order valence-corrected chi connectivity index (χ0v) is 23.0. The lowest BCUT2D eigenvalue weighted by molar-refractivity contribution is -0.226. The lowest BCUT2D eigenvalue weighted by Crippen LogP contribution is -2.68. The molecule has 1 N–H and O–H groups in total. The second-order valence-corrected chi connectivity index (χ2v) is 15.2. The summed E-state index contributed by atoms with van der Waals surface area (Å²) >= 11 is 0. The number of ketones is 2. The van der Waals surface area contributed by atoms with Crippen LogP contribution in [-0.2, 0) is 9.59 Å². The van der Waals surface area contributed by atoms with Gasteiger partial charge in [-0.3, -0.25) is 9.59 Å². The van der Waals surface area contributed by atoms with E-state index in [1.807, 2.05) is 19.9 Å². The van der Waals surface area contributed by atoms with Gasteiger partial charge in [-0.05, 0) is 89.8 Å². The Balaban J connectivity index is 1.63. The summed E-state index contributed by atoms with van der Waals surface area (Å²) in [6, 6.07) is 2.21. The van der Waals surface area contributed by atoms with E-state index in [0.29, 0.717) is 12.2 Å². The van der Waals surface area contributed by atoms with Crippen LogP contribution in [0.15, 0.2) is 11.6 Å².